The third kappa shape index (κ3) is 3.59. The molecule has 2 heterocycles. The molecular formula is C21H18N2OS. The molecule has 124 valence electrons. The number of pyridine rings is 1. The van der Waals surface area contributed by atoms with Crippen LogP contribution in [0.1, 0.15) is 23.7 Å². The third-order valence-electron chi connectivity index (χ3n) is 4.30. The molecule has 0 spiro atoms. The van der Waals surface area contributed by atoms with Gasteiger partial charge in [-0.3, -0.25) is 4.79 Å². The van der Waals surface area contributed by atoms with Crippen molar-refractivity contribution in [2.24, 2.45) is 0 Å². The van der Waals surface area contributed by atoms with E-state index < -0.39 is 0 Å². The molecule has 25 heavy (non-hydrogen) atoms. The number of para-hydroxylation sites is 1. The summed E-state index contributed by atoms with van der Waals surface area (Å²) in [6, 6.07) is 20.3. The lowest BCUT2D eigenvalue weighted by Gasteiger charge is -2.25. The Balaban J connectivity index is 1.47. The maximum Gasteiger partial charge on any atom is 0.244 e. The van der Waals surface area contributed by atoms with E-state index in [0.717, 1.165) is 28.8 Å². The Kier molecular flexibility index (Phi) is 4.53. The van der Waals surface area contributed by atoms with E-state index in [9.17, 15) is 4.79 Å². The number of nitrogens with one attached hydrogen (secondary N) is 1. The van der Waals surface area contributed by atoms with E-state index in [-0.39, 0.29) is 11.9 Å². The van der Waals surface area contributed by atoms with E-state index in [0.29, 0.717) is 0 Å². The number of thioether (sulfide) groups is 1. The van der Waals surface area contributed by atoms with E-state index in [1.54, 1.807) is 12.2 Å². The summed E-state index contributed by atoms with van der Waals surface area (Å²) < 4.78 is 0. The van der Waals surface area contributed by atoms with Crippen LogP contribution in [0.2, 0.25) is 0 Å². The summed E-state index contributed by atoms with van der Waals surface area (Å²) in [5, 5.41) is 4.21. The van der Waals surface area contributed by atoms with Gasteiger partial charge in [-0.15, -0.1) is 11.8 Å². The molecule has 1 aromatic heterocycles. The van der Waals surface area contributed by atoms with Crippen molar-refractivity contribution in [2.75, 3.05) is 5.75 Å². The molecule has 1 aliphatic heterocycles. The van der Waals surface area contributed by atoms with Crippen LogP contribution in [0.25, 0.3) is 17.0 Å². The van der Waals surface area contributed by atoms with Gasteiger partial charge in [-0.25, -0.2) is 4.98 Å². The van der Waals surface area contributed by atoms with Gasteiger partial charge in [0, 0.05) is 22.1 Å². The average Bonchev–Trinajstić information content (AvgIpc) is 2.66. The summed E-state index contributed by atoms with van der Waals surface area (Å²) in [7, 11) is 0. The third-order valence-corrected chi connectivity index (χ3v) is 5.42. The first kappa shape index (κ1) is 15.9. The highest BCUT2D eigenvalue weighted by molar-refractivity contribution is 7.99. The SMILES string of the molecule is O=C(/C=C/c1ccc2ccccc2n1)N[C@@H]1CCSc2ccccc21. The second kappa shape index (κ2) is 7.11. The summed E-state index contributed by atoms with van der Waals surface area (Å²) >= 11 is 1.85. The monoisotopic (exact) mass is 346 g/mol. The highest BCUT2D eigenvalue weighted by Gasteiger charge is 2.20. The van der Waals surface area contributed by atoms with Crippen molar-refractivity contribution in [3.05, 3.63) is 78.0 Å². The molecule has 1 amide bonds. The van der Waals surface area contributed by atoms with Gasteiger partial charge in [0.15, 0.2) is 0 Å². The highest BCUT2D eigenvalue weighted by atomic mass is 32.2. The van der Waals surface area contributed by atoms with Crippen LogP contribution < -0.4 is 5.32 Å². The number of carbonyl (C=O) groups excluding carboxylic acids is 1. The number of fused-ring (bicyclic) bond motifs is 2. The fourth-order valence-electron chi connectivity index (χ4n) is 3.05. The first-order valence-electron chi connectivity index (χ1n) is 8.36. The van der Waals surface area contributed by atoms with Gasteiger partial charge in [-0.1, -0.05) is 42.5 Å². The normalized spacial score (nSPS) is 16.7. The molecule has 0 unspecified atom stereocenters. The van der Waals surface area contributed by atoms with Gasteiger partial charge in [0.1, 0.15) is 0 Å². The maximum absolute atomic E-state index is 12.3. The number of rotatable bonds is 3. The lowest BCUT2D eigenvalue weighted by Crippen LogP contribution is -2.29. The van der Waals surface area contributed by atoms with E-state index in [4.69, 9.17) is 0 Å². The van der Waals surface area contributed by atoms with Crippen molar-refractivity contribution >= 4 is 34.6 Å². The van der Waals surface area contributed by atoms with Crippen molar-refractivity contribution < 1.29 is 4.79 Å². The second-order valence-electron chi connectivity index (χ2n) is 6.00. The van der Waals surface area contributed by atoms with Crippen molar-refractivity contribution in [1.82, 2.24) is 10.3 Å². The highest BCUT2D eigenvalue weighted by Crippen LogP contribution is 2.35. The molecule has 1 atom stereocenters. The van der Waals surface area contributed by atoms with Gasteiger partial charge >= 0.3 is 0 Å². The molecule has 1 N–H and O–H groups in total. The summed E-state index contributed by atoms with van der Waals surface area (Å²) in [5.74, 6) is 0.944. The van der Waals surface area contributed by atoms with E-state index in [1.807, 2.05) is 60.3 Å². The average molecular weight is 346 g/mol. The number of amides is 1. The van der Waals surface area contributed by atoms with Gasteiger partial charge < -0.3 is 5.32 Å². The predicted octanol–water partition coefficient (Wildman–Crippen LogP) is 4.60. The van der Waals surface area contributed by atoms with Crippen molar-refractivity contribution in [1.29, 1.82) is 0 Å². The number of benzene rings is 2. The Morgan fingerprint density at radius 2 is 1.92 bits per heavy atom. The van der Waals surface area contributed by atoms with Crippen LogP contribution in [0.15, 0.2) is 71.6 Å². The molecule has 0 saturated heterocycles. The summed E-state index contributed by atoms with van der Waals surface area (Å²) in [4.78, 5) is 18.1. The first-order chi connectivity index (χ1) is 12.3. The molecular weight excluding hydrogens is 328 g/mol. The minimum Gasteiger partial charge on any atom is -0.346 e. The van der Waals surface area contributed by atoms with Crippen LogP contribution in [0.5, 0.6) is 0 Å². The van der Waals surface area contributed by atoms with Crippen LogP contribution in [0.4, 0.5) is 0 Å². The predicted molar refractivity (Wildman–Crippen MR) is 103 cm³/mol. The Morgan fingerprint density at radius 1 is 1.08 bits per heavy atom. The van der Waals surface area contributed by atoms with Gasteiger partial charge in [-0.2, -0.15) is 0 Å². The topological polar surface area (TPSA) is 42.0 Å². The lowest BCUT2D eigenvalue weighted by molar-refractivity contribution is -0.117. The zero-order valence-corrected chi connectivity index (χ0v) is 14.5. The molecule has 3 nitrogen and oxygen atoms in total. The smallest absolute Gasteiger partial charge is 0.244 e. The molecule has 0 aliphatic carbocycles. The number of aromatic nitrogens is 1. The molecule has 3 aromatic rings. The minimum absolute atomic E-state index is 0.0818. The van der Waals surface area contributed by atoms with Crippen LogP contribution in [0.3, 0.4) is 0 Å². The Bertz CT molecular complexity index is 951. The van der Waals surface area contributed by atoms with Crippen LogP contribution in [-0.4, -0.2) is 16.6 Å². The van der Waals surface area contributed by atoms with Gasteiger partial charge in [0.05, 0.1) is 17.3 Å². The summed E-state index contributed by atoms with van der Waals surface area (Å²) in [5.41, 5.74) is 2.93. The van der Waals surface area contributed by atoms with Gasteiger partial charge in [0.2, 0.25) is 5.91 Å². The maximum atomic E-state index is 12.3. The van der Waals surface area contributed by atoms with Crippen molar-refractivity contribution in [3.63, 3.8) is 0 Å². The fourth-order valence-corrected chi connectivity index (χ4v) is 4.17. The quantitative estimate of drug-likeness (QED) is 0.705. The van der Waals surface area contributed by atoms with Crippen LogP contribution in [-0.2, 0) is 4.79 Å². The first-order valence-corrected chi connectivity index (χ1v) is 9.34. The Hall–Kier alpha value is -2.59. The second-order valence-corrected chi connectivity index (χ2v) is 7.14. The zero-order chi connectivity index (χ0) is 17.1. The molecule has 4 rings (SSSR count). The van der Waals surface area contributed by atoms with Crippen molar-refractivity contribution in [3.8, 4) is 0 Å². The zero-order valence-electron chi connectivity index (χ0n) is 13.7. The Labute approximate surface area is 151 Å². The number of hydrogen-bond donors (Lipinski definition) is 1. The van der Waals surface area contributed by atoms with E-state index in [1.165, 1.54) is 10.5 Å². The number of hydrogen-bond acceptors (Lipinski definition) is 3. The molecule has 0 fully saturated rings. The Morgan fingerprint density at radius 3 is 2.88 bits per heavy atom. The van der Waals surface area contributed by atoms with E-state index >= 15 is 0 Å². The van der Waals surface area contributed by atoms with Gasteiger partial charge in [-0.05, 0) is 36.3 Å². The minimum atomic E-state index is -0.0818. The molecule has 4 heteroatoms. The lowest BCUT2D eigenvalue weighted by atomic mass is 10.0. The van der Waals surface area contributed by atoms with Crippen molar-refractivity contribution in [2.45, 2.75) is 17.4 Å². The van der Waals surface area contributed by atoms with Gasteiger partial charge in [0.25, 0.3) is 0 Å². The standard InChI is InChI=1S/C21H18N2OS/c24-21(23-19-13-14-25-20-8-4-2-6-17(19)20)12-11-16-10-9-15-5-1-3-7-18(15)22-16/h1-12,19H,13-14H2,(H,23,24)/b12-11+/t19-/m1/s1. The largest absolute Gasteiger partial charge is 0.346 e. The number of carbonyl (C=O) groups is 1. The molecule has 1 aliphatic rings. The fraction of sp³-hybridized carbons (Fsp3) is 0.143. The molecule has 0 bridgehead atoms. The molecule has 2 aromatic carbocycles. The summed E-state index contributed by atoms with van der Waals surface area (Å²) in [6.07, 6.45) is 4.29. The molecule has 0 radical (unpaired) electrons. The molecule has 0 saturated carbocycles. The summed E-state index contributed by atoms with van der Waals surface area (Å²) in [6.45, 7) is 0. The van der Waals surface area contributed by atoms with Crippen LogP contribution in [0, 0.1) is 0 Å². The number of nitrogens with zero attached hydrogens (tertiary/aromatic N) is 1. The van der Waals surface area contributed by atoms with E-state index in [2.05, 4.69) is 22.4 Å². The van der Waals surface area contributed by atoms with Crippen LogP contribution >= 0.6 is 11.8 Å².